The molecule has 1 aromatic heterocycles. The topological polar surface area (TPSA) is 83.3 Å². The standard InChI is InChI=1S/C18H23N3O3S/c1-4-24-18(23)15-9-14(10-19)17(20-13(15)3)25-11-16(22)21-8-6-5-7-12(21)2/h9,12H,4-8,11H2,1-3H3/t12-/m0/s1. The van der Waals surface area contributed by atoms with Crippen molar-refractivity contribution in [3.8, 4) is 6.07 Å². The van der Waals surface area contributed by atoms with Crippen molar-refractivity contribution in [1.29, 1.82) is 5.26 Å². The highest BCUT2D eigenvalue weighted by molar-refractivity contribution is 8.00. The van der Waals surface area contributed by atoms with E-state index >= 15 is 0 Å². The maximum Gasteiger partial charge on any atom is 0.340 e. The Balaban J connectivity index is 2.11. The summed E-state index contributed by atoms with van der Waals surface area (Å²) in [7, 11) is 0. The Kier molecular flexibility index (Phi) is 6.82. The molecule has 2 heterocycles. The zero-order chi connectivity index (χ0) is 18.4. The number of hydrogen-bond donors (Lipinski definition) is 0. The lowest BCUT2D eigenvalue weighted by Gasteiger charge is -2.33. The molecule has 1 aromatic rings. The van der Waals surface area contributed by atoms with Crippen LogP contribution in [0.1, 0.15) is 54.7 Å². The summed E-state index contributed by atoms with van der Waals surface area (Å²) in [4.78, 5) is 30.6. The number of ether oxygens (including phenoxy) is 1. The van der Waals surface area contributed by atoms with Crippen LogP contribution in [0.15, 0.2) is 11.1 Å². The maximum atomic E-state index is 12.4. The summed E-state index contributed by atoms with van der Waals surface area (Å²) >= 11 is 1.25. The molecule has 1 saturated heterocycles. The molecule has 25 heavy (non-hydrogen) atoms. The van der Waals surface area contributed by atoms with Crippen molar-refractivity contribution in [3.05, 3.63) is 22.9 Å². The Hall–Kier alpha value is -2.07. The van der Waals surface area contributed by atoms with Crippen LogP contribution >= 0.6 is 11.8 Å². The number of piperidine rings is 1. The summed E-state index contributed by atoms with van der Waals surface area (Å²) in [6.07, 6.45) is 3.23. The van der Waals surface area contributed by atoms with E-state index in [9.17, 15) is 14.9 Å². The first-order chi connectivity index (χ1) is 12.0. The number of thioether (sulfide) groups is 1. The number of aromatic nitrogens is 1. The number of likely N-dealkylation sites (tertiary alicyclic amines) is 1. The van der Waals surface area contributed by atoms with Gasteiger partial charge in [0.15, 0.2) is 0 Å². The molecular formula is C18H23N3O3S. The number of aryl methyl sites for hydroxylation is 1. The van der Waals surface area contributed by atoms with Gasteiger partial charge in [-0.3, -0.25) is 4.79 Å². The van der Waals surface area contributed by atoms with E-state index in [0.717, 1.165) is 25.8 Å². The Morgan fingerprint density at radius 3 is 2.88 bits per heavy atom. The van der Waals surface area contributed by atoms with Crippen LogP contribution in [-0.2, 0) is 9.53 Å². The highest BCUT2D eigenvalue weighted by Crippen LogP contribution is 2.25. The maximum absolute atomic E-state index is 12.4. The average molecular weight is 361 g/mol. The lowest BCUT2D eigenvalue weighted by molar-refractivity contribution is -0.131. The number of nitrogens with zero attached hydrogens (tertiary/aromatic N) is 3. The zero-order valence-corrected chi connectivity index (χ0v) is 15.7. The minimum absolute atomic E-state index is 0.0648. The zero-order valence-electron chi connectivity index (χ0n) is 14.9. The van der Waals surface area contributed by atoms with Gasteiger partial charge >= 0.3 is 5.97 Å². The summed E-state index contributed by atoms with van der Waals surface area (Å²) in [6, 6.07) is 3.82. The predicted molar refractivity (Wildman–Crippen MR) is 95.4 cm³/mol. The van der Waals surface area contributed by atoms with Crippen molar-refractivity contribution in [2.24, 2.45) is 0 Å². The van der Waals surface area contributed by atoms with Gasteiger partial charge in [-0.1, -0.05) is 11.8 Å². The first-order valence-electron chi connectivity index (χ1n) is 8.49. The molecule has 0 spiro atoms. The first kappa shape index (κ1) is 19.3. The molecule has 1 fully saturated rings. The van der Waals surface area contributed by atoms with Crippen LogP contribution in [-0.4, -0.2) is 46.7 Å². The average Bonchev–Trinajstić information content (AvgIpc) is 2.60. The molecule has 1 amide bonds. The summed E-state index contributed by atoms with van der Waals surface area (Å²) in [5.74, 6) is -0.182. The van der Waals surface area contributed by atoms with Crippen molar-refractivity contribution >= 4 is 23.6 Å². The largest absolute Gasteiger partial charge is 0.462 e. The van der Waals surface area contributed by atoms with Crippen molar-refractivity contribution in [2.75, 3.05) is 18.9 Å². The third-order valence-corrected chi connectivity index (χ3v) is 5.23. The number of nitriles is 1. The Labute approximate surface area is 152 Å². The number of pyridine rings is 1. The number of esters is 1. The van der Waals surface area contributed by atoms with Crippen LogP contribution in [0.2, 0.25) is 0 Å². The third-order valence-electron chi connectivity index (χ3n) is 4.25. The molecule has 1 aliphatic heterocycles. The van der Waals surface area contributed by atoms with Gasteiger partial charge in [0.2, 0.25) is 5.91 Å². The van der Waals surface area contributed by atoms with Crippen LogP contribution < -0.4 is 0 Å². The minimum Gasteiger partial charge on any atom is -0.462 e. The van der Waals surface area contributed by atoms with Crippen LogP contribution in [0.3, 0.4) is 0 Å². The second kappa shape index (κ2) is 8.86. The lowest BCUT2D eigenvalue weighted by Crippen LogP contribution is -2.42. The molecular weight excluding hydrogens is 338 g/mol. The van der Waals surface area contributed by atoms with E-state index in [-0.39, 0.29) is 29.9 Å². The van der Waals surface area contributed by atoms with E-state index in [1.807, 2.05) is 4.90 Å². The van der Waals surface area contributed by atoms with Gasteiger partial charge < -0.3 is 9.64 Å². The smallest absolute Gasteiger partial charge is 0.340 e. The van der Waals surface area contributed by atoms with Crippen molar-refractivity contribution in [2.45, 2.75) is 51.1 Å². The van der Waals surface area contributed by atoms with Gasteiger partial charge in [0.05, 0.1) is 29.2 Å². The van der Waals surface area contributed by atoms with Gasteiger partial charge in [-0.05, 0) is 46.1 Å². The van der Waals surface area contributed by atoms with Gasteiger partial charge in [-0.15, -0.1) is 0 Å². The normalized spacial score (nSPS) is 17.0. The summed E-state index contributed by atoms with van der Waals surface area (Å²) in [5.41, 5.74) is 1.08. The van der Waals surface area contributed by atoms with Crippen molar-refractivity contribution in [3.63, 3.8) is 0 Å². The second-order valence-electron chi connectivity index (χ2n) is 6.03. The highest BCUT2D eigenvalue weighted by atomic mass is 32.2. The third kappa shape index (κ3) is 4.73. The number of carbonyl (C=O) groups is 2. The van der Waals surface area contributed by atoms with E-state index < -0.39 is 5.97 Å². The van der Waals surface area contributed by atoms with Crippen molar-refractivity contribution in [1.82, 2.24) is 9.88 Å². The van der Waals surface area contributed by atoms with E-state index in [0.29, 0.717) is 16.3 Å². The van der Waals surface area contributed by atoms with Gasteiger partial charge in [-0.25, -0.2) is 9.78 Å². The lowest BCUT2D eigenvalue weighted by atomic mass is 10.0. The fourth-order valence-corrected chi connectivity index (χ4v) is 3.76. The Morgan fingerprint density at radius 1 is 1.48 bits per heavy atom. The van der Waals surface area contributed by atoms with Gasteiger partial charge in [0, 0.05) is 12.6 Å². The number of carbonyl (C=O) groups excluding carboxylic acids is 2. The predicted octanol–water partition coefficient (Wildman–Crippen LogP) is 2.93. The molecule has 0 unspecified atom stereocenters. The van der Waals surface area contributed by atoms with Crippen molar-refractivity contribution < 1.29 is 14.3 Å². The molecule has 7 heteroatoms. The van der Waals surface area contributed by atoms with E-state index in [2.05, 4.69) is 18.0 Å². The van der Waals surface area contributed by atoms with E-state index in [4.69, 9.17) is 4.74 Å². The first-order valence-corrected chi connectivity index (χ1v) is 9.47. The van der Waals surface area contributed by atoms with Gasteiger partial charge in [0.1, 0.15) is 11.1 Å². The number of amides is 1. The van der Waals surface area contributed by atoms with E-state index in [1.165, 1.54) is 17.8 Å². The number of rotatable bonds is 5. The van der Waals surface area contributed by atoms with Crippen LogP contribution in [0.5, 0.6) is 0 Å². The molecule has 0 saturated carbocycles. The van der Waals surface area contributed by atoms with E-state index in [1.54, 1.807) is 13.8 Å². The molecule has 1 aliphatic rings. The number of hydrogen-bond acceptors (Lipinski definition) is 6. The van der Waals surface area contributed by atoms with Crippen LogP contribution in [0.25, 0.3) is 0 Å². The fourth-order valence-electron chi connectivity index (χ4n) is 2.87. The molecule has 6 nitrogen and oxygen atoms in total. The van der Waals surface area contributed by atoms with Gasteiger partial charge in [0.25, 0.3) is 0 Å². The van der Waals surface area contributed by atoms with Crippen LogP contribution in [0, 0.1) is 18.3 Å². The minimum atomic E-state index is -0.487. The molecule has 134 valence electrons. The Morgan fingerprint density at radius 2 is 2.24 bits per heavy atom. The monoisotopic (exact) mass is 361 g/mol. The fraction of sp³-hybridized carbons (Fsp3) is 0.556. The molecule has 1 atom stereocenters. The molecule has 0 bridgehead atoms. The molecule has 2 rings (SSSR count). The SMILES string of the molecule is CCOC(=O)c1cc(C#N)c(SCC(=O)N2CCCC[C@@H]2C)nc1C. The Bertz CT molecular complexity index is 700. The second-order valence-corrected chi connectivity index (χ2v) is 6.99. The molecule has 0 N–H and O–H groups in total. The summed E-state index contributed by atoms with van der Waals surface area (Å²) < 4.78 is 4.98. The van der Waals surface area contributed by atoms with Crippen LogP contribution in [0.4, 0.5) is 0 Å². The molecule has 0 aromatic carbocycles. The molecule has 0 aliphatic carbocycles. The summed E-state index contributed by atoms with van der Waals surface area (Å²) in [6.45, 7) is 6.55. The quantitative estimate of drug-likeness (QED) is 0.592. The molecule has 0 radical (unpaired) electrons. The van der Waals surface area contributed by atoms with Gasteiger partial charge in [-0.2, -0.15) is 5.26 Å². The summed E-state index contributed by atoms with van der Waals surface area (Å²) in [5, 5.41) is 9.83. The highest BCUT2D eigenvalue weighted by Gasteiger charge is 2.24.